The minimum absolute atomic E-state index is 0.00879. The van der Waals surface area contributed by atoms with Gasteiger partial charge in [0.05, 0.1) is 6.20 Å². The average Bonchev–Trinajstić information content (AvgIpc) is 2.85. The van der Waals surface area contributed by atoms with E-state index in [1.54, 1.807) is 0 Å². The third kappa shape index (κ3) is 4.32. The standard InChI is InChI=1S/C16H24FN3O/c1-12(16(21)15-7-6-13(17)9-18-15)10-20-8-4-5-14(20)11-19(2)3/h6-7,9,12,14H,4-5,8,10-11H2,1-3H3. The zero-order chi connectivity index (χ0) is 15.4. The smallest absolute Gasteiger partial charge is 0.185 e. The van der Waals surface area contributed by atoms with E-state index in [1.165, 1.54) is 25.0 Å². The van der Waals surface area contributed by atoms with Crippen LogP contribution in [0.1, 0.15) is 30.3 Å². The summed E-state index contributed by atoms with van der Waals surface area (Å²) in [4.78, 5) is 20.8. The highest BCUT2D eigenvalue weighted by Gasteiger charge is 2.28. The third-order valence-electron chi connectivity index (χ3n) is 4.01. The van der Waals surface area contributed by atoms with Crippen LogP contribution in [0.4, 0.5) is 4.39 Å². The van der Waals surface area contributed by atoms with Crippen molar-refractivity contribution in [3.05, 3.63) is 29.8 Å². The lowest BCUT2D eigenvalue weighted by atomic mass is 10.0. The van der Waals surface area contributed by atoms with E-state index < -0.39 is 5.82 Å². The van der Waals surface area contributed by atoms with Gasteiger partial charge in [-0.15, -0.1) is 0 Å². The van der Waals surface area contributed by atoms with Crippen molar-refractivity contribution in [2.24, 2.45) is 5.92 Å². The van der Waals surface area contributed by atoms with Gasteiger partial charge in [0.25, 0.3) is 0 Å². The molecular formula is C16H24FN3O. The number of hydrogen-bond donors (Lipinski definition) is 0. The van der Waals surface area contributed by atoms with Crippen LogP contribution in [0, 0.1) is 11.7 Å². The van der Waals surface area contributed by atoms with E-state index in [0.29, 0.717) is 11.7 Å². The van der Waals surface area contributed by atoms with Gasteiger partial charge in [-0.25, -0.2) is 4.39 Å². The molecule has 0 amide bonds. The van der Waals surface area contributed by atoms with Gasteiger partial charge < -0.3 is 4.90 Å². The van der Waals surface area contributed by atoms with Gasteiger partial charge in [0.1, 0.15) is 11.5 Å². The largest absolute Gasteiger partial charge is 0.308 e. The molecule has 2 rings (SSSR count). The number of halogens is 1. The Morgan fingerprint density at radius 1 is 1.52 bits per heavy atom. The maximum atomic E-state index is 12.9. The number of ketones is 1. The zero-order valence-corrected chi connectivity index (χ0v) is 13.1. The zero-order valence-electron chi connectivity index (χ0n) is 13.1. The van der Waals surface area contributed by atoms with Crippen LogP contribution < -0.4 is 0 Å². The molecule has 21 heavy (non-hydrogen) atoms. The second-order valence-electron chi connectivity index (χ2n) is 6.18. The Bertz CT molecular complexity index is 475. The van der Waals surface area contributed by atoms with Crippen LogP contribution >= 0.6 is 0 Å². The van der Waals surface area contributed by atoms with Crippen LogP contribution in [0.25, 0.3) is 0 Å². The Morgan fingerprint density at radius 3 is 2.90 bits per heavy atom. The topological polar surface area (TPSA) is 36.4 Å². The highest BCUT2D eigenvalue weighted by Crippen LogP contribution is 2.20. The van der Waals surface area contributed by atoms with Crippen LogP contribution in [0.2, 0.25) is 0 Å². The summed E-state index contributed by atoms with van der Waals surface area (Å²) in [6.07, 6.45) is 3.48. The molecule has 4 nitrogen and oxygen atoms in total. The molecule has 1 aromatic heterocycles. The fourth-order valence-corrected chi connectivity index (χ4v) is 2.97. The maximum Gasteiger partial charge on any atom is 0.185 e. The normalized spacial score (nSPS) is 20.9. The van der Waals surface area contributed by atoms with E-state index >= 15 is 0 Å². The summed E-state index contributed by atoms with van der Waals surface area (Å²) >= 11 is 0. The van der Waals surface area contributed by atoms with E-state index in [1.807, 2.05) is 6.92 Å². The maximum absolute atomic E-state index is 12.9. The highest BCUT2D eigenvalue weighted by atomic mass is 19.1. The molecule has 1 aliphatic heterocycles. The summed E-state index contributed by atoms with van der Waals surface area (Å²) in [5.41, 5.74) is 0.354. The quantitative estimate of drug-likeness (QED) is 0.752. The molecule has 2 heterocycles. The molecule has 0 spiro atoms. The van der Waals surface area contributed by atoms with Gasteiger partial charge in [-0.1, -0.05) is 6.92 Å². The van der Waals surface area contributed by atoms with Gasteiger partial charge in [-0.2, -0.15) is 0 Å². The number of rotatable bonds is 6. The molecule has 2 atom stereocenters. The molecule has 1 saturated heterocycles. The molecular weight excluding hydrogens is 269 g/mol. The number of Topliss-reactive ketones (excluding diaryl/α,β-unsaturated/α-hetero) is 1. The molecule has 0 aromatic carbocycles. The Morgan fingerprint density at radius 2 is 2.29 bits per heavy atom. The van der Waals surface area contributed by atoms with Crippen molar-refractivity contribution in [1.29, 1.82) is 0 Å². The first kappa shape index (κ1) is 16.0. The lowest BCUT2D eigenvalue weighted by Crippen LogP contribution is -2.41. The fourth-order valence-electron chi connectivity index (χ4n) is 2.97. The molecule has 0 aliphatic carbocycles. The van der Waals surface area contributed by atoms with Crippen molar-refractivity contribution < 1.29 is 9.18 Å². The van der Waals surface area contributed by atoms with Crippen molar-refractivity contribution in [2.75, 3.05) is 33.7 Å². The Hall–Kier alpha value is -1.33. The van der Waals surface area contributed by atoms with Crippen molar-refractivity contribution in [1.82, 2.24) is 14.8 Å². The SMILES string of the molecule is CC(CN1CCCC1CN(C)C)C(=O)c1ccc(F)cn1. The number of pyridine rings is 1. The summed E-state index contributed by atoms with van der Waals surface area (Å²) in [5, 5.41) is 0. The molecule has 0 bridgehead atoms. The van der Waals surface area contributed by atoms with Gasteiger partial charge in [0, 0.05) is 25.0 Å². The van der Waals surface area contributed by atoms with Gasteiger partial charge in [0.2, 0.25) is 0 Å². The van der Waals surface area contributed by atoms with Crippen molar-refractivity contribution in [2.45, 2.75) is 25.8 Å². The lowest BCUT2D eigenvalue weighted by Gasteiger charge is -2.28. The van der Waals surface area contributed by atoms with E-state index in [4.69, 9.17) is 0 Å². The second kappa shape index (κ2) is 7.09. The number of carbonyl (C=O) groups is 1. The van der Waals surface area contributed by atoms with Crippen LogP contribution in [-0.2, 0) is 0 Å². The van der Waals surface area contributed by atoms with Crippen molar-refractivity contribution in [3.63, 3.8) is 0 Å². The summed E-state index contributed by atoms with van der Waals surface area (Å²) in [6.45, 7) is 4.75. The Labute approximate surface area is 126 Å². The van der Waals surface area contributed by atoms with E-state index in [9.17, 15) is 9.18 Å². The molecule has 1 fully saturated rings. The molecule has 2 unspecified atom stereocenters. The van der Waals surface area contributed by atoms with E-state index in [0.717, 1.165) is 25.8 Å². The van der Waals surface area contributed by atoms with Crippen LogP contribution in [0.3, 0.4) is 0 Å². The van der Waals surface area contributed by atoms with Crippen LogP contribution in [0.5, 0.6) is 0 Å². The fraction of sp³-hybridized carbons (Fsp3) is 0.625. The average molecular weight is 293 g/mol. The molecule has 5 heteroatoms. The molecule has 0 N–H and O–H groups in total. The predicted molar refractivity (Wildman–Crippen MR) is 80.8 cm³/mol. The summed E-state index contributed by atoms with van der Waals surface area (Å²) in [6, 6.07) is 3.28. The number of nitrogens with zero attached hydrogens (tertiary/aromatic N) is 3. The first-order valence-corrected chi connectivity index (χ1v) is 7.52. The van der Waals surface area contributed by atoms with Gasteiger partial charge >= 0.3 is 0 Å². The number of aromatic nitrogens is 1. The Kier molecular flexibility index (Phi) is 5.42. The molecule has 0 radical (unpaired) electrons. The summed E-state index contributed by atoms with van der Waals surface area (Å²) in [5.74, 6) is -0.541. The highest BCUT2D eigenvalue weighted by molar-refractivity contribution is 5.95. The molecule has 0 saturated carbocycles. The third-order valence-corrected chi connectivity index (χ3v) is 4.01. The lowest BCUT2D eigenvalue weighted by molar-refractivity contribution is 0.0875. The summed E-state index contributed by atoms with van der Waals surface area (Å²) < 4.78 is 12.9. The van der Waals surface area contributed by atoms with Gasteiger partial charge in [-0.3, -0.25) is 14.7 Å². The first-order chi connectivity index (χ1) is 9.97. The number of carbonyl (C=O) groups excluding carboxylic acids is 1. The number of likely N-dealkylation sites (N-methyl/N-ethyl adjacent to an activating group) is 1. The monoisotopic (exact) mass is 293 g/mol. The first-order valence-electron chi connectivity index (χ1n) is 7.52. The molecule has 1 aliphatic rings. The van der Waals surface area contributed by atoms with Crippen LogP contribution in [0.15, 0.2) is 18.3 Å². The van der Waals surface area contributed by atoms with Gasteiger partial charge in [0.15, 0.2) is 5.78 Å². The second-order valence-corrected chi connectivity index (χ2v) is 6.18. The molecule has 1 aromatic rings. The van der Waals surface area contributed by atoms with Gasteiger partial charge in [-0.05, 0) is 45.6 Å². The number of likely N-dealkylation sites (tertiary alicyclic amines) is 1. The van der Waals surface area contributed by atoms with E-state index in [-0.39, 0.29) is 11.7 Å². The minimum Gasteiger partial charge on any atom is -0.308 e. The van der Waals surface area contributed by atoms with Crippen LogP contribution in [-0.4, -0.2) is 60.3 Å². The predicted octanol–water partition coefficient (Wildman–Crippen LogP) is 2.07. The molecule has 116 valence electrons. The van der Waals surface area contributed by atoms with E-state index in [2.05, 4.69) is 28.9 Å². The van der Waals surface area contributed by atoms with Crippen molar-refractivity contribution in [3.8, 4) is 0 Å². The minimum atomic E-state index is -0.412. The van der Waals surface area contributed by atoms with Crippen molar-refractivity contribution >= 4 is 5.78 Å². The Balaban J connectivity index is 1.95. The summed E-state index contributed by atoms with van der Waals surface area (Å²) in [7, 11) is 4.15. The number of hydrogen-bond acceptors (Lipinski definition) is 4.